The van der Waals surface area contributed by atoms with Crippen molar-refractivity contribution in [3.05, 3.63) is 35.9 Å². The second-order valence-corrected chi connectivity index (χ2v) is 4.32. The number of amides is 2. The molecule has 1 rings (SSSR count). The molecular weight excluding hydrogens is 276 g/mol. The Morgan fingerprint density at radius 3 is 2.38 bits per heavy atom. The molecule has 8 nitrogen and oxygen atoms in total. The van der Waals surface area contributed by atoms with E-state index in [1.165, 1.54) is 0 Å². The zero-order chi connectivity index (χ0) is 15.7. The van der Waals surface area contributed by atoms with E-state index in [0.717, 1.165) is 5.56 Å². The number of primary amides is 1. The van der Waals surface area contributed by atoms with Crippen molar-refractivity contribution >= 4 is 17.8 Å². The molecule has 0 saturated carbocycles. The van der Waals surface area contributed by atoms with Gasteiger partial charge in [-0.25, -0.2) is 10.2 Å². The summed E-state index contributed by atoms with van der Waals surface area (Å²) < 4.78 is 0. The second-order valence-electron chi connectivity index (χ2n) is 4.32. The summed E-state index contributed by atoms with van der Waals surface area (Å²) >= 11 is 0. The number of hydroxylamine groups is 1. The number of rotatable bonds is 7. The van der Waals surface area contributed by atoms with Crippen LogP contribution in [0.25, 0.3) is 0 Å². The lowest BCUT2D eigenvalue weighted by Gasteiger charge is -2.14. The number of nitrogens with two attached hydrogens (primary N) is 2. The van der Waals surface area contributed by atoms with Gasteiger partial charge < -0.3 is 10.6 Å². The maximum absolute atomic E-state index is 11.8. The van der Waals surface area contributed by atoms with Gasteiger partial charge in [0.1, 0.15) is 6.04 Å². The third kappa shape index (κ3) is 6.50. The van der Waals surface area contributed by atoms with Crippen LogP contribution in [0.5, 0.6) is 0 Å². The van der Waals surface area contributed by atoms with Gasteiger partial charge in [-0.15, -0.1) is 0 Å². The SMILES string of the molecule is NN[C@@H](Cc1ccccc1)C(=O)ONC(=O)CCC(N)=O. The molecule has 2 amide bonds. The number of hydrogen-bond acceptors (Lipinski definition) is 6. The second kappa shape index (κ2) is 8.67. The van der Waals surface area contributed by atoms with E-state index >= 15 is 0 Å². The normalized spacial score (nSPS) is 11.5. The van der Waals surface area contributed by atoms with Crippen molar-refractivity contribution in [2.75, 3.05) is 0 Å². The van der Waals surface area contributed by atoms with Crippen molar-refractivity contribution in [3.8, 4) is 0 Å². The van der Waals surface area contributed by atoms with E-state index in [1.807, 2.05) is 35.8 Å². The Bertz CT molecular complexity index is 492. The van der Waals surface area contributed by atoms with Crippen molar-refractivity contribution in [1.29, 1.82) is 0 Å². The molecule has 114 valence electrons. The minimum Gasteiger partial charge on any atom is -0.370 e. The van der Waals surface area contributed by atoms with Crippen LogP contribution in [-0.4, -0.2) is 23.8 Å². The first kappa shape index (κ1) is 16.6. The highest BCUT2D eigenvalue weighted by Crippen LogP contribution is 2.03. The first-order valence-corrected chi connectivity index (χ1v) is 6.30. The standard InChI is InChI=1S/C13H18N4O4/c14-11(18)6-7-12(19)17-21-13(20)10(16-15)8-9-4-2-1-3-5-9/h1-5,10,16H,6-8,15H2,(H2,14,18)(H,17,19)/t10-/m0/s1. The highest BCUT2D eigenvalue weighted by atomic mass is 16.7. The molecule has 8 heteroatoms. The largest absolute Gasteiger partial charge is 0.370 e. The fourth-order valence-electron chi connectivity index (χ4n) is 1.53. The maximum atomic E-state index is 11.8. The molecule has 0 aliphatic heterocycles. The molecule has 0 aliphatic rings. The van der Waals surface area contributed by atoms with Gasteiger partial charge in [0, 0.05) is 12.8 Å². The number of hydrazine groups is 1. The highest BCUT2D eigenvalue weighted by Gasteiger charge is 2.20. The molecule has 21 heavy (non-hydrogen) atoms. The van der Waals surface area contributed by atoms with E-state index in [-0.39, 0.29) is 12.8 Å². The molecule has 0 aromatic heterocycles. The molecule has 0 fully saturated rings. The zero-order valence-electron chi connectivity index (χ0n) is 11.4. The Hall–Kier alpha value is -2.45. The van der Waals surface area contributed by atoms with Crippen LogP contribution in [0.15, 0.2) is 30.3 Å². The number of carbonyl (C=O) groups excluding carboxylic acids is 3. The first-order valence-electron chi connectivity index (χ1n) is 6.30. The van der Waals surface area contributed by atoms with E-state index in [1.54, 1.807) is 0 Å². The predicted octanol–water partition coefficient (Wildman–Crippen LogP) is -1.10. The third-order valence-corrected chi connectivity index (χ3v) is 2.63. The van der Waals surface area contributed by atoms with E-state index in [4.69, 9.17) is 11.6 Å². The van der Waals surface area contributed by atoms with Crippen LogP contribution in [0.2, 0.25) is 0 Å². The predicted molar refractivity (Wildman–Crippen MR) is 73.9 cm³/mol. The molecule has 1 atom stereocenters. The summed E-state index contributed by atoms with van der Waals surface area (Å²) in [5.74, 6) is 3.35. The lowest BCUT2D eigenvalue weighted by atomic mass is 10.1. The quantitative estimate of drug-likeness (QED) is 0.372. The Labute approximate surface area is 121 Å². The fraction of sp³-hybridized carbons (Fsp3) is 0.308. The van der Waals surface area contributed by atoms with Crippen molar-refractivity contribution in [2.45, 2.75) is 25.3 Å². The number of benzene rings is 1. The van der Waals surface area contributed by atoms with Crippen LogP contribution in [-0.2, 0) is 25.6 Å². The molecule has 0 radical (unpaired) electrons. The molecular formula is C13H18N4O4. The van der Waals surface area contributed by atoms with Crippen LogP contribution in [0, 0.1) is 0 Å². The van der Waals surface area contributed by atoms with Gasteiger partial charge in [-0.3, -0.25) is 15.4 Å². The smallest absolute Gasteiger partial charge is 0.350 e. The van der Waals surface area contributed by atoms with E-state index in [0.29, 0.717) is 6.42 Å². The van der Waals surface area contributed by atoms with Crippen molar-refractivity contribution < 1.29 is 19.2 Å². The Morgan fingerprint density at radius 2 is 1.81 bits per heavy atom. The Kier molecular flexibility index (Phi) is 6.85. The summed E-state index contributed by atoms with van der Waals surface area (Å²) in [7, 11) is 0. The van der Waals surface area contributed by atoms with E-state index in [2.05, 4.69) is 10.3 Å². The lowest BCUT2D eigenvalue weighted by Crippen LogP contribution is -2.46. The van der Waals surface area contributed by atoms with Gasteiger partial charge in [-0.2, -0.15) is 5.48 Å². The Balaban J connectivity index is 2.41. The summed E-state index contributed by atoms with van der Waals surface area (Å²) in [5.41, 5.74) is 10.1. The van der Waals surface area contributed by atoms with Gasteiger partial charge in [-0.05, 0) is 12.0 Å². The monoisotopic (exact) mass is 294 g/mol. The number of carbonyl (C=O) groups is 3. The maximum Gasteiger partial charge on any atom is 0.350 e. The van der Waals surface area contributed by atoms with Gasteiger partial charge in [0.15, 0.2) is 0 Å². The molecule has 0 spiro atoms. The van der Waals surface area contributed by atoms with Crippen molar-refractivity contribution in [2.24, 2.45) is 11.6 Å². The average Bonchev–Trinajstić information content (AvgIpc) is 2.49. The van der Waals surface area contributed by atoms with Crippen LogP contribution >= 0.6 is 0 Å². The van der Waals surface area contributed by atoms with Crippen molar-refractivity contribution in [3.63, 3.8) is 0 Å². The van der Waals surface area contributed by atoms with Gasteiger partial charge in [0.25, 0.3) is 5.91 Å². The zero-order valence-corrected chi connectivity index (χ0v) is 11.4. The molecule has 0 unspecified atom stereocenters. The summed E-state index contributed by atoms with van der Waals surface area (Å²) in [6.07, 6.45) is 0.0430. The minimum atomic E-state index is -0.802. The molecule has 0 saturated heterocycles. The van der Waals surface area contributed by atoms with Crippen LogP contribution in [0.1, 0.15) is 18.4 Å². The van der Waals surface area contributed by atoms with Gasteiger partial charge in [0.2, 0.25) is 5.91 Å². The minimum absolute atomic E-state index is 0.119. The molecule has 1 aromatic carbocycles. The van der Waals surface area contributed by atoms with Gasteiger partial charge in [0.05, 0.1) is 0 Å². The van der Waals surface area contributed by atoms with Gasteiger partial charge >= 0.3 is 5.97 Å². The van der Waals surface area contributed by atoms with Crippen molar-refractivity contribution in [1.82, 2.24) is 10.9 Å². The molecule has 0 heterocycles. The lowest BCUT2D eigenvalue weighted by molar-refractivity contribution is -0.160. The van der Waals surface area contributed by atoms with Crippen LogP contribution in [0.3, 0.4) is 0 Å². The summed E-state index contributed by atoms with van der Waals surface area (Å²) in [4.78, 5) is 38.2. The topological polar surface area (TPSA) is 137 Å². The molecule has 6 N–H and O–H groups in total. The molecule has 1 aromatic rings. The van der Waals surface area contributed by atoms with Gasteiger partial charge in [-0.1, -0.05) is 30.3 Å². The van der Waals surface area contributed by atoms with E-state index < -0.39 is 23.8 Å². The summed E-state index contributed by atoms with van der Waals surface area (Å²) in [6.45, 7) is 0. The molecule has 0 bridgehead atoms. The highest BCUT2D eigenvalue weighted by molar-refractivity contribution is 5.84. The third-order valence-electron chi connectivity index (χ3n) is 2.63. The summed E-state index contributed by atoms with van der Waals surface area (Å²) in [5, 5.41) is 0. The number of hydrogen-bond donors (Lipinski definition) is 4. The average molecular weight is 294 g/mol. The fourth-order valence-corrected chi connectivity index (χ4v) is 1.53. The van der Waals surface area contributed by atoms with Crippen LogP contribution < -0.4 is 22.5 Å². The molecule has 0 aliphatic carbocycles. The Morgan fingerprint density at radius 1 is 1.14 bits per heavy atom. The number of nitrogens with one attached hydrogen (secondary N) is 2. The first-order chi connectivity index (χ1) is 10.0. The summed E-state index contributed by atoms with van der Waals surface area (Å²) in [6, 6.07) is 8.39. The van der Waals surface area contributed by atoms with Crippen LogP contribution in [0.4, 0.5) is 0 Å². The van der Waals surface area contributed by atoms with E-state index in [9.17, 15) is 14.4 Å².